The topological polar surface area (TPSA) is 21.3 Å². The van der Waals surface area contributed by atoms with E-state index >= 15 is 0 Å². The maximum absolute atomic E-state index is 5.54. The second-order valence-corrected chi connectivity index (χ2v) is 5.80. The lowest BCUT2D eigenvalue weighted by Gasteiger charge is -2.17. The van der Waals surface area contributed by atoms with Crippen molar-refractivity contribution in [3.05, 3.63) is 77.9 Å². The standard InChI is InChI=1S/C22H21NO/c1-3-7-22(18-8-5-4-6-9-18)23-16-17-10-11-20-15-21(24-2)13-12-19(20)14-17/h1,4-6,8-15,22-23H,7,16H2,2H3/t22-/m1/s1. The first-order valence-corrected chi connectivity index (χ1v) is 8.08. The van der Waals surface area contributed by atoms with E-state index in [1.54, 1.807) is 7.11 Å². The van der Waals surface area contributed by atoms with Gasteiger partial charge in [-0.3, -0.25) is 0 Å². The highest BCUT2D eigenvalue weighted by atomic mass is 16.5. The Labute approximate surface area is 143 Å². The molecule has 0 aliphatic carbocycles. The van der Waals surface area contributed by atoms with Crippen molar-refractivity contribution in [2.45, 2.75) is 19.0 Å². The molecular formula is C22H21NO. The second-order valence-electron chi connectivity index (χ2n) is 5.80. The molecule has 0 saturated carbocycles. The van der Waals surface area contributed by atoms with Gasteiger partial charge in [0.1, 0.15) is 5.75 Å². The zero-order chi connectivity index (χ0) is 16.8. The number of benzene rings is 3. The quantitative estimate of drug-likeness (QED) is 0.666. The van der Waals surface area contributed by atoms with Crippen LogP contribution in [-0.4, -0.2) is 7.11 Å². The van der Waals surface area contributed by atoms with Gasteiger partial charge in [0.15, 0.2) is 0 Å². The molecule has 0 unspecified atom stereocenters. The van der Waals surface area contributed by atoms with Gasteiger partial charge in [0, 0.05) is 19.0 Å². The van der Waals surface area contributed by atoms with Crippen LogP contribution in [0.1, 0.15) is 23.6 Å². The summed E-state index contributed by atoms with van der Waals surface area (Å²) < 4.78 is 5.28. The summed E-state index contributed by atoms with van der Waals surface area (Å²) in [6.45, 7) is 0.781. The van der Waals surface area contributed by atoms with Crippen LogP contribution < -0.4 is 10.1 Å². The summed E-state index contributed by atoms with van der Waals surface area (Å²) in [6.07, 6.45) is 6.21. The third kappa shape index (κ3) is 3.76. The van der Waals surface area contributed by atoms with Crippen LogP contribution in [0.5, 0.6) is 5.75 Å². The van der Waals surface area contributed by atoms with E-state index in [4.69, 9.17) is 11.2 Å². The van der Waals surface area contributed by atoms with E-state index in [0.29, 0.717) is 6.42 Å². The van der Waals surface area contributed by atoms with Crippen molar-refractivity contribution in [1.82, 2.24) is 5.32 Å². The van der Waals surface area contributed by atoms with Crippen LogP contribution in [0, 0.1) is 12.3 Å². The monoisotopic (exact) mass is 315 g/mol. The normalized spacial score (nSPS) is 11.8. The van der Waals surface area contributed by atoms with Crippen molar-refractivity contribution in [3.8, 4) is 18.1 Å². The Kier molecular flexibility index (Phi) is 5.15. The van der Waals surface area contributed by atoms with Crippen LogP contribution in [0.4, 0.5) is 0 Å². The molecular weight excluding hydrogens is 294 g/mol. The van der Waals surface area contributed by atoms with E-state index in [1.165, 1.54) is 21.9 Å². The molecule has 1 N–H and O–H groups in total. The lowest BCUT2D eigenvalue weighted by atomic mass is 10.0. The Hall–Kier alpha value is -2.76. The van der Waals surface area contributed by atoms with Crippen LogP contribution in [-0.2, 0) is 6.54 Å². The van der Waals surface area contributed by atoms with Crippen molar-refractivity contribution in [3.63, 3.8) is 0 Å². The van der Waals surface area contributed by atoms with Crippen LogP contribution in [0.25, 0.3) is 10.8 Å². The van der Waals surface area contributed by atoms with Gasteiger partial charge < -0.3 is 10.1 Å². The van der Waals surface area contributed by atoms with E-state index in [9.17, 15) is 0 Å². The molecule has 1 atom stereocenters. The van der Waals surface area contributed by atoms with Crippen molar-refractivity contribution in [2.75, 3.05) is 7.11 Å². The summed E-state index contributed by atoms with van der Waals surface area (Å²) in [6, 6.07) is 23.1. The van der Waals surface area contributed by atoms with E-state index in [-0.39, 0.29) is 6.04 Å². The van der Waals surface area contributed by atoms with Crippen molar-refractivity contribution < 1.29 is 4.74 Å². The van der Waals surface area contributed by atoms with Gasteiger partial charge in [-0.15, -0.1) is 12.3 Å². The van der Waals surface area contributed by atoms with Crippen LogP contribution >= 0.6 is 0 Å². The van der Waals surface area contributed by atoms with Gasteiger partial charge in [-0.05, 0) is 40.1 Å². The number of hydrogen-bond acceptors (Lipinski definition) is 2. The molecule has 3 aromatic carbocycles. The maximum atomic E-state index is 5.54. The highest BCUT2D eigenvalue weighted by molar-refractivity contribution is 5.84. The van der Waals surface area contributed by atoms with Crippen molar-refractivity contribution in [2.24, 2.45) is 0 Å². The molecule has 0 aliphatic heterocycles. The van der Waals surface area contributed by atoms with Crippen LogP contribution in [0.15, 0.2) is 66.7 Å². The van der Waals surface area contributed by atoms with Crippen LogP contribution in [0.2, 0.25) is 0 Å². The first kappa shape index (κ1) is 16.1. The molecule has 0 bridgehead atoms. The molecule has 3 rings (SSSR count). The number of methoxy groups -OCH3 is 1. The van der Waals surface area contributed by atoms with Gasteiger partial charge >= 0.3 is 0 Å². The SMILES string of the molecule is C#CC[C@@H](NCc1ccc2cc(OC)ccc2c1)c1ccccc1. The molecule has 0 fully saturated rings. The number of terminal acetylenes is 1. The summed E-state index contributed by atoms with van der Waals surface area (Å²) in [7, 11) is 1.69. The van der Waals surface area contributed by atoms with Gasteiger partial charge in [0.05, 0.1) is 7.11 Å². The summed E-state index contributed by atoms with van der Waals surface area (Å²) >= 11 is 0. The molecule has 0 saturated heterocycles. The summed E-state index contributed by atoms with van der Waals surface area (Å²) in [5, 5.41) is 5.97. The highest BCUT2D eigenvalue weighted by Gasteiger charge is 2.09. The number of ether oxygens (including phenoxy) is 1. The molecule has 0 radical (unpaired) electrons. The molecule has 2 nitrogen and oxygen atoms in total. The predicted molar refractivity (Wildman–Crippen MR) is 100.0 cm³/mol. The fourth-order valence-corrected chi connectivity index (χ4v) is 2.86. The highest BCUT2D eigenvalue weighted by Crippen LogP contribution is 2.22. The summed E-state index contributed by atoms with van der Waals surface area (Å²) in [4.78, 5) is 0. The molecule has 24 heavy (non-hydrogen) atoms. The Morgan fingerprint density at radius 2 is 1.75 bits per heavy atom. The first-order valence-electron chi connectivity index (χ1n) is 8.08. The summed E-state index contributed by atoms with van der Waals surface area (Å²) in [5.74, 6) is 3.65. The number of hydrogen-bond donors (Lipinski definition) is 1. The average molecular weight is 315 g/mol. The maximum Gasteiger partial charge on any atom is 0.119 e. The first-order chi connectivity index (χ1) is 11.8. The van der Waals surface area contributed by atoms with E-state index in [2.05, 4.69) is 53.7 Å². The van der Waals surface area contributed by atoms with Crippen LogP contribution in [0.3, 0.4) is 0 Å². The Morgan fingerprint density at radius 1 is 1.00 bits per heavy atom. The van der Waals surface area contributed by atoms with Gasteiger partial charge in [0.25, 0.3) is 0 Å². The Bertz CT molecular complexity index is 849. The van der Waals surface area contributed by atoms with Gasteiger partial charge in [0.2, 0.25) is 0 Å². The minimum absolute atomic E-state index is 0.169. The van der Waals surface area contributed by atoms with E-state index in [0.717, 1.165) is 12.3 Å². The third-order valence-electron chi connectivity index (χ3n) is 4.19. The largest absolute Gasteiger partial charge is 0.497 e. The predicted octanol–water partition coefficient (Wildman–Crippen LogP) is 4.70. The molecule has 0 aliphatic rings. The van der Waals surface area contributed by atoms with Crippen molar-refractivity contribution >= 4 is 10.8 Å². The Morgan fingerprint density at radius 3 is 2.50 bits per heavy atom. The summed E-state index contributed by atoms with van der Waals surface area (Å²) in [5.41, 5.74) is 2.46. The van der Waals surface area contributed by atoms with Gasteiger partial charge in [-0.2, -0.15) is 0 Å². The minimum Gasteiger partial charge on any atom is -0.497 e. The fraction of sp³-hybridized carbons (Fsp3) is 0.182. The number of nitrogens with one attached hydrogen (secondary N) is 1. The zero-order valence-corrected chi connectivity index (χ0v) is 13.8. The molecule has 0 heterocycles. The molecule has 0 aromatic heterocycles. The lowest BCUT2D eigenvalue weighted by molar-refractivity contribution is 0.415. The lowest BCUT2D eigenvalue weighted by Crippen LogP contribution is -2.20. The second kappa shape index (κ2) is 7.68. The fourth-order valence-electron chi connectivity index (χ4n) is 2.86. The minimum atomic E-state index is 0.169. The number of fused-ring (bicyclic) bond motifs is 1. The number of rotatable bonds is 6. The van der Waals surface area contributed by atoms with E-state index in [1.807, 2.05) is 24.3 Å². The molecule has 3 aromatic rings. The molecule has 0 spiro atoms. The Balaban J connectivity index is 1.75. The average Bonchev–Trinajstić information content (AvgIpc) is 2.65. The van der Waals surface area contributed by atoms with Gasteiger partial charge in [-0.25, -0.2) is 0 Å². The van der Waals surface area contributed by atoms with Crippen molar-refractivity contribution in [1.29, 1.82) is 0 Å². The smallest absolute Gasteiger partial charge is 0.119 e. The molecule has 120 valence electrons. The molecule has 0 amide bonds. The third-order valence-corrected chi connectivity index (χ3v) is 4.19. The van der Waals surface area contributed by atoms with E-state index < -0.39 is 0 Å². The zero-order valence-electron chi connectivity index (χ0n) is 13.8. The molecule has 2 heteroatoms. The van der Waals surface area contributed by atoms with Gasteiger partial charge in [-0.1, -0.05) is 48.5 Å².